The molecule has 3 rings (SSSR count). The van der Waals surface area contributed by atoms with Crippen molar-refractivity contribution in [2.24, 2.45) is 0 Å². The van der Waals surface area contributed by atoms with Crippen LogP contribution >= 0.6 is 15.9 Å². The zero-order valence-electron chi connectivity index (χ0n) is 16.8. The van der Waals surface area contributed by atoms with Gasteiger partial charge in [0.2, 0.25) is 0 Å². The molecule has 0 radical (unpaired) electrons. The van der Waals surface area contributed by atoms with E-state index in [1.807, 2.05) is 26.8 Å². The molecular formula is C22H29BrN2O3. The maximum atomic E-state index is 5.91. The van der Waals surface area contributed by atoms with Crippen LogP contribution in [-0.4, -0.2) is 39.0 Å². The van der Waals surface area contributed by atoms with Gasteiger partial charge < -0.3 is 24.4 Å². The Kier molecular flexibility index (Phi) is 7.45. The van der Waals surface area contributed by atoms with E-state index in [2.05, 4.69) is 56.5 Å². The van der Waals surface area contributed by atoms with E-state index in [1.54, 1.807) is 0 Å². The van der Waals surface area contributed by atoms with Gasteiger partial charge in [0, 0.05) is 31.0 Å². The molecule has 152 valence electrons. The Bertz CT molecular complexity index is 759. The molecule has 1 saturated heterocycles. The number of morpholine rings is 1. The second-order valence-corrected chi connectivity index (χ2v) is 7.86. The van der Waals surface area contributed by atoms with Gasteiger partial charge in [0.1, 0.15) is 0 Å². The molecule has 28 heavy (non-hydrogen) atoms. The summed E-state index contributed by atoms with van der Waals surface area (Å²) in [6.45, 7) is 10.8. The molecule has 0 unspecified atom stereocenters. The van der Waals surface area contributed by atoms with Gasteiger partial charge in [-0.05, 0) is 78.7 Å². The predicted octanol–water partition coefficient (Wildman–Crippen LogP) is 5.08. The van der Waals surface area contributed by atoms with E-state index in [-0.39, 0.29) is 6.10 Å². The monoisotopic (exact) mass is 448 g/mol. The van der Waals surface area contributed by atoms with E-state index >= 15 is 0 Å². The molecule has 5 nitrogen and oxygen atoms in total. The zero-order valence-corrected chi connectivity index (χ0v) is 18.4. The average molecular weight is 449 g/mol. The highest BCUT2D eigenvalue weighted by Gasteiger charge is 2.14. The Balaban J connectivity index is 1.66. The van der Waals surface area contributed by atoms with Crippen LogP contribution in [0, 0.1) is 0 Å². The average Bonchev–Trinajstić information content (AvgIpc) is 2.70. The van der Waals surface area contributed by atoms with Crippen LogP contribution in [0.3, 0.4) is 0 Å². The molecular weight excluding hydrogens is 420 g/mol. The summed E-state index contributed by atoms with van der Waals surface area (Å²) in [6.07, 6.45) is 0.0875. The van der Waals surface area contributed by atoms with Crippen molar-refractivity contribution < 1.29 is 14.2 Å². The molecule has 0 aliphatic carbocycles. The van der Waals surface area contributed by atoms with E-state index in [4.69, 9.17) is 14.2 Å². The first-order chi connectivity index (χ1) is 13.6. The van der Waals surface area contributed by atoms with Gasteiger partial charge in [-0.1, -0.05) is 0 Å². The van der Waals surface area contributed by atoms with E-state index in [0.717, 1.165) is 53.5 Å². The Morgan fingerprint density at radius 3 is 2.50 bits per heavy atom. The lowest BCUT2D eigenvalue weighted by Crippen LogP contribution is -2.36. The normalized spacial score (nSPS) is 14.2. The molecule has 1 aliphatic rings. The summed E-state index contributed by atoms with van der Waals surface area (Å²) in [5.74, 6) is 1.53. The van der Waals surface area contributed by atoms with Crippen molar-refractivity contribution in [1.82, 2.24) is 0 Å². The lowest BCUT2D eigenvalue weighted by Gasteiger charge is -2.29. The van der Waals surface area contributed by atoms with Crippen molar-refractivity contribution in [2.45, 2.75) is 33.4 Å². The first-order valence-electron chi connectivity index (χ1n) is 9.85. The molecule has 1 heterocycles. The van der Waals surface area contributed by atoms with Crippen LogP contribution in [0.5, 0.6) is 11.5 Å². The molecule has 1 aliphatic heterocycles. The molecule has 2 aromatic carbocycles. The summed E-state index contributed by atoms with van der Waals surface area (Å²) in [6, 6.07) is 12.7. The lowest BCUT2D eigenvalue weighted by atomic mass is 10.2. The summed E-state index contributed by atoms with van der Waals surface area (Å²) in [7, 11) is 0. The highest BCUT2D eigenvalue weighted by molar-refractivity contribution is 9.10. The number of ether oxygens (including phenoxy) is 3. The van der Waals surface area contributed by atoms with Gasteiger partial charge in [-0.3, -0.25) is 0 Å². The topological polar surface area (TPSA) is 43.0 Å². The summed E-state index contributed by atoms with van der Waals surface area (Å²) >= 11 is 3.63. The molecule has 6 heteroatoms. The Hall–Kier alpha value is -1.92. The number of rotatable bonds is 8. The number of nitrogens with one attached hydrogen (secondary N) is 1. The van der Waals surface area contributed by atoms with E-state index in [0.29, 0.717) is 13.2 Å². The molecule has 0 aromatic heterocycles. The van der Waals surface area contributed by atoms with Gasteiger partial charge >= 0.3 is 0 Å². The molecule has 1 N–H and O–H groups in total. The fourth-order valence-electron chi connectivity index (χ4n) is 3.15. The molecule has 0 spiro atoms. The quantitative estimate of drug-likeness (QED) is 0.609. The molecule has 1 fully saturated rings. The highest BCUT2D eigenvalue weighted by atomic mass is 79.9. The third kappa shape index (κ3) is 5.55. The van der Waals surface area contributed by atoms with Crippen molar-refractivity contribution >= 4 is 27.3 Å². The van der Waals surface area contributed by atoms with Crippen molar-refractivity contribution in [2.75, 3.05) is 43.1 Å². The molecule has 0 atom stereocenters. The van der Waals surface area contributed by atoms with Crippen molar-refractivity contribution in [3.05, 3.63) is 46.4 Å². The first-order valence-corrected chi connectivity index (χ1v) is 10.6. The minimum absolute atomic E-state index is 0.0875. The summed E-state index contributed by atoms with van der Waals surface area (Å²) in [4.78, 5) is 2.35. The van der Waals surface area contributed by atoms with Crippen LogP contribution in [0.15, 0.2) is 40.9 Å². The zero-order chi connectivity index (χ0) is 19.9. The number of nitrogens with zero attached hydrogens (tertiary/aromatic N) is 1. The highest BCUT2D eigenvalue weighted by Crippen LogP contribution is 2.37. The molecule has 0 amide bonds. The summed E-state index contributed by atoms with van der Waals surface area (Å²) in [5, 5.41) is 3.49. The largest absolute Gasteiger partial charge is 0.490 e. The second kappa shape index (κ2) is 10.0. The minimum Gasteiger partial charge on any atom is -0.490 e. The van der Waals surface area contributed by atoms with Crippen LogP contribution < -0.4 is 19.7 Å². The standard InChI is InChI=1S/C22H29BrN2O3/c1-4-27-21-14-17(13-20(23)22(21)28-16(2)3)15-24-18-5-7-19(8-6-18)25-9-11-26-12-10-25/h5-8,13-14,16,24H,4,9-12,15H2,1-3H3. The molecule has 0 saturated carbocycles. The van der Waals surface area contributed by atoms with Crippen LogP contribution in [0.4, 0.5) is 11.4 Å². The third-order valence-corrected chi connectivity index (χ3v) is 5.05. The molecule has 2 aromatic rings. The number of hydrogen-bond donors (Lipinski definition) is 1. The minimum atomic E-state index is 0.0875. The fourth-order valence-corrected chi connectivity index (χ4v) is 3.74. The predicted molar refractivity (Wildman–Crippen MR) is 118 cm³/mol. The number of anilines is 2. The second-order valence-electron chi connectivity index (χ2n) is 7.00. The van der Waals surface area contributed by atoms with Gasteiger partial charge in [0.15, 0.2) is 11.5 Å². The van der Waals surface area contributed by atoms with Crippen LogP contribution in [0.1, 0.15) is 26.3 Å². The Morgan fingerprint density at radius 1 is 1.14 bits per heavy atom. The van der Waals surface area contributed by atoms with E-state index in [9.17, 15) is 0 Å². The van der Waals surface area contributed by atoms with Crippen molar-refractivity contribution in [3.8, 4) is 11.5 Å². The van der Waals surface area contributed by atoms with E-state index in [1.165, 1.54) is 5.69 Å². The van der Waals surface area contributed by atoms with Crippen molar-refractivity contribution in [3.63, 3.8) is 0 Å². The molecule has 0 bridgehead atoms. The Labute approximate surface area is 176 Å². The van der Waals surface area contributed by atoms with E-state index < -0.39 is 0 Å². The first kappa shape index (κ1) is 20.8. The summed E-state index contributed by atoms with van der Waals surface area (Å²) < 4.78 is 18.0. The van der Waals surface area contributed by atoms with Crippen LogP contribution in [0.25, 0.3) is 0 Å². The van der Waals surface area contributed by atoms with Gasteiger partial charge in [0.05, 0.1) is 30.4 Å². The summed E-state index contributed by atoms with van der Waals surface area (Å²) in [5.41, 5.74) is 3.46. The fraction of sp³-hybridized carbons (Fsp3) is 0.455. The number of hydrogen-bond acceptors (Lipinski definition) is 5. The smallest absolute Gasteiger partial charge is 0.175 e. The lowest BCUT2D eigenvalue weighted by molar-refractivity contribution is 0.122. The number of halogens is 1. The van der Waals surface area contributed by atoms with Gasteiger partial charge in [-0.15, -0.1) is 0 Å². The van der Waals surface area contributed by atoms with Crippen LogP contribution in [-0.2, 0) is 11.3 Å². The third-order valence-electron chi connectivity index (χ3n) is 4.46. The van der Waals surface area contributed by atoms with Gasteiger partial charge in [-0.2, -0.15) is 0 Å². The number of benzene rings is 2. The van der Waals surface area contributed by atoms with Gasteiger partial charge in [-0.25, -0.2) is 0 Å². The Morgan fingerprint density at radius 2 is 1.86 bits per heavy atom. The SMILES string of the molecule is CCOc1cc(CNc2ccc(N3CCOCC3)cc2)cc(Br)c1OC(C)C. The van der Waals surface area contributed by atoms with Gasteiger partial charge in [0.25, 0.3) is 0 Å². The van der Waals surface area contributed by atoms with Crippen LogP contribution in [0.2, 0.25) is 0 Å². The maximum absolute atomic E-state index is 5.91. The maximum Gasteiger partial charge on any atom is 0.175 e. The van der Waals surface area contributed by atoms with Crippen molar-refractivity contribution in [1.29, 1.82) is 0 Å².